The molecule has 0 bridgehead atoms. The fourth-order valence-electron chi connectivity index (χ4n) is 2.07. The van der Waals surface area contributed by atoms with Gasteiger partial charge < -0.3 is 15.0 Å². The highest BCUT2D eigenvalue weighted by atomic mass is 16.5. The molecule has 0 aliphatic carbocycles. The van der Waals surface area contributed by atoms with Crippen LogP contribution in [0.4, 0.5) is 0 Å². The molecule has 0 saturated carbocycles. The van der Waals surface area contributed by atoms with E-state index in [0.717, 1.165) is 38.5 Å². The van der Waals surface area contributed by atoms with Gasteiger partial charge in [0.15, 0.2) is 0 Å². The number of ether oxygens (including phenoxy) is 1. The van der Waals surface area contributed by atoms with E-state index < -0.39 is 0 Å². The van der Waals surface area contributed by atoms with Gasteiger partial charge in [-0.15, -0.1) is 0 Å². The van der Waals surface area contributed by atoms with Crippen LogP contribution in [0.3, 0.4) is 0 Å². The molecule has 1 N–H and O–H groups in total. The molecule has 0 fully saturated rings. The normalized spacial score (nSPS) is 10.9. The highest BCUT2D eigenvalue weighted by Gasteiger charge is 2.07. The largest absolute Gasteiger partial charge is 0.492 e. The van der Waals surface area contributed by atoms with Crippen molar-refractivity contribution in [3.05, 3.63) is 29.3 Å². The van der Waals surface area contributed by atoms with Crippen molar-refractivity contribution >= 4 is 0 Å². The number of rotatable bonds is 8. The van der Waals surface area contributed by atoms with Gasteiger partial charge in [-0.05, 0) is 32.6 Å². The molecule has 0 aliphatic heterocycles. The molecule has 0 atom stereocenters. The second kappa shape index (κ2) is 8.11. The number of nitrogens with zero attached hydrogens (tertiary/aromatic N) is 1. The third-order valence-corrected chi connectivity index (χ3v) is 3.21. The van der Waals surface area contributed by atoms with Crippen LogP contribution in [0.2, 0.25) is 0 Å². The number of likely N-dealkylation sites (N-methyl/N-ethyl adjacent to an activating group) is 1. The molecule has 0 aromatic heterocycles. The highest BCUT2D eigenvalue weighted by Crippen LogP contribution is 2.23. The van der Waals surface area contributed by atoms with Crippen LogP contribution in [0.15, 0.2) is 18.2 Å². The first-order valence-electron chi connectivity index (χ1n) is 6.81. The summed E-state index contributed by atoms with van der Waals surface area (Å²) in [5.74, 6) is 1.04. The van der Waals surface area contributed by atoms with Crippen molar-refractivity contribution in [2.45, 2.75) is 27.3 Å². The molecule has 0 radical (unpaired) electrons. The topological polar surface area (TPSA) is 24.5 Å². The van der Waals surface area contributed by atoms with E-state index in [1.807, 2.05) is 7.05 Å². The predicted molar refractivity (Wildman–Crippen MR) is 77.2 cm³/mol. The molecule has 3 nitrogen and oxygen atoms in total. The molecular weight excluding hydrogens is 224 g/mol. The SMILES string of the molecule is CCN(CC)CCOc1c(C)cccc1CNC. The number of nitrogens with one attached hydrogen (secondary N) is 1. The fraction of sp³-hybridized carbons (Fsp3) is 0.600. The second-order valence-electron chi connectivity index (χ2n) is 4.47. The lowest BCUT2D eigenvalue weighted by Crippen LogP contribution is -2.28. The monoisotopic (exact) mass is 250 g/mol. The Bertz CT molecular complexity index is 348. The van der Waals surface area contributed by atoms with Gasteiger partial charge >= 0.3 is 0 Å². The van der Waals surface area contributed by atoms with Crippen molar-refractivity contribution in [3.8, 4) is 5.75 Å². The van der Waals surface area contributed by atoms with E-state index in [1.165, 1.54) is 11.1 Å². The molecule has 1 aromatic carbocycles. The summed E-state index contributed by atoms with van der Waals surface area (Å²) in [6.07, 6.45) is 0. The number of hydrogen-bond acceptors (Lipinski definition) is 3. The lowest BCUT2D eigenvalue weighted by Gasteiger charge is -2.19. The summed E-state index contributed by atoms with van der Waals surface area (Å²) in [6, 6.07) is 6.31. The molecule has 18 heavy (non-hydrogen) atoms. The Labute approximate surface area is 111 Å². The van der Waals surface area contributed by atoms with Crippen molar-refractivity contribution in [1.29, 1.82) is 0 Å². The van der Waals surface area contributed by atoms with E-state index in [2.05, 4.69) is 49.2 Å². The number of aryl methyl sites for hydroxylation is 1. The zero-order chi connectivity index (χ0) is 13.4. The smallest absolute Gasteiger partial charge is 0.126 e. The lowest BCUT2D eigenvalue weighted by atomic mass is 10.1. The summed E-state index contributed by atoms with van der Waals surface area (Å²) in [5, 5.41) is 3.18. The predicted octanol–water partition coefficient (Wildman–Crippen LogP) is 2.44. The summed E-state index contributed by atoms with van der Waals surface area (Å²) in [7, 11) is 1.96. The third kappa shape index (κ3) is 4.31. The van der Waals surface area contributed by atoms with E-state index in [4.69, 9.17) is 4.74 Å². The van der Waals surface area contributed by atoms with Crippen LogP contribution in [0, 0.1) is 6.92 Å². The van der Waals surface area contributed by atoms with E-state index in [1.54, 1.807) is 0 Å². The Morgan fingerprint density at radius 3 is 2.56 bits per heavy atom. The van der Waals surface area contributed by atoms with Crippen LogP contribution in [0.5, 0.6) is 5.75 Å². The molecule has 0 saturated heterocycles. The van der Waals surface area contributed by atoms with Crippen LogP contribution in [0.1, 0.15) is 25.0 Å². The summed E-state index contributed by atoms with van der Waals surface area (Å²) in [6.45, 7) is 11.2. The minimum Gasteiger partial charge on any atom is -0.492 e. The molecule has 3 heteroatoms. The van der Waals surface area contributed by atoms with Gasteiger partial charge in [0.2, 0.25) is 0 Å². The van der Waals surface area contributed by atoms with Gasteiger partial charge in [0.25, 0.3) is 0 Å². The standard InChI is InChI=1S/C15H26N2O/c1-5-17(6-2)10-11-18-15-13(3)8-7-9-14(15)12-16-4/h7-9,16H,5-6,10-12H2,1-4H3. The zero-order valence-corrected chi connectivity index (χ0v) is 12.1. The molecule has 0 amide bonds. The zero-order valence-electron chi connectivity index (χ0n) is 12.1. The van der Waals surface area contributed by atoms with Crippen LogP contribution in [-0.4, -0.2) is 38.2 Å². The minimum atomic E-state index is 0.753. The van der Waals surface area contributed by atoms with E-state index in [0.29, 0.717) is 0 Å². The molecule has 0 heterocycles. The minimum absolute atomic E-state index is 0.753. The van der Waals surface area contributed by atoms with Crippen LogP contribution >= 0.6 is 0 Å². The first-order chi connectivity index (χ1) is 8.72. The molecule has 0 aliphatic rings. The number of benzene rings is 1. The average molecular weight is 250 g/mol. The van der Waals surface area contributed by atoms with Gasteiger partial charge in [-0.1, -0.05) is 32.0 Å². The molecule has 102 valence electrons. The molecule has 1 aromatic rings. The van der Waals surface area contributed by atoms with Crippen LogP contribution in [0.25, 0.3) is 0 Å². The maximum atomic E-state index is 5.97. The van der Waals surface area contributed by atoms with Crippen molar-refractivity contribution in [2.75, 3.05) is 33.3 Å². The van der Waals surface area contributed by atoms with Gasteiger partial charge in [-0.3, -0.25) is 0 Å². The van der Waals surface area contributed by atoms with E-state index >= 15 is 0 Å². The first-order valence-corrected chi connectivity index (χ1v) is 6.81. The van der Waals surface area contributed by atoms with Crippen molar-refractivity contribution in [3.63, 3.8) is 0 Å². The van der Waals surface area contributed by atoms with E-state index in [-0.39, 0.29) is 0 Å². The Morgan fingerprint density at radius 1 is 1.22 bits per heavy atom. The van der Waals surface area contributed by atoms with Crippen molar-refractivity contribution in [2.24, 2.45) is 0 Å². The van der Waals surface area contributed by atoms with Crippen molar-refractivity contribution in [1.82, 2.24) is 10.2 Å². The van der Waals surface area contributed by atoms with Gasteiger partial charge in [-0.25, -0.2) is 0 Å². The molecule has 1 rings (SSSR count). The summed E-state index contributed by atoms with van der Waals surface area (Å²) >= 11 is 0. The molecule has 0 unspecified atom stereocenters. The van der Waals surface area contributed by atoms with Gasteiger partial charge in [0.05, 0.1) is 0 Å². The quantitative estimate of drug-likeness (QED) is 0.767. The highest BCUT2D eigenvalue weighted by molar-refractivity contribution is 5.40. The molecule has 0 spiro atoms. The van der Waals surface area contributed by atoms with E-state index in [9.17, 15) is 0 Å². The average Bonchev–Trinajstić information content (AvgIpc) is 2.38. The summed E-state index contributed by atoms with van der Waals surface area (Å²) in [5.41, 5.74) is 2.44. The molecular formula is C15H26N2O. The first kappa shape index (κ1) is 15.0. The Kier molecular flexibility index (Phi) is 6.76. The summed E-state index contributed by atoms with van der Waals surface area (Å²) in [4.78, 5) is 2.37. The van der Waals surface area contributed by atoms with Crippen LogP contribution in [-0.2, 0) is 6.54 Å². The Morgan fingerprint density at radius 2 is 1.94 bits per heavy atom. The summed E-state index contributed by atoms with van der Waals surface area (Å²) < 4.78 is 5.97. The van der Waals surface area contributed by atoms with Gasteiger partial charge in [0, 0.05) is 18.7 Å². The van der Waals surface area contributed by atoms with Crippen molar-refractivity contribution < 1.29 is 4.74 Å². The Hall–Kier alpha value is -1.06. The maximum Gasteiger partial charge on any atom is 0.126 e. The fourth-order valence-corrected chi connectivity index (χ4v) is 2.07. The second-order valence-corrected chi connectivity index (χ2v) is 4.47. The number of para-hydroxylation sites is 1. The lowest BCUT2D eigenvalue weighted by molar-refractivity contribution is 0.220. The third-order valence-electron chi connectivity index (χ3n) is 3.21. The van der Waals surface area contributed by atoms with Gasteiger partial charge in [-0.2, -0.15) is 0 Å². The number of hydrogen-bond donors (Lipinski definition) is 1. The van der Waals surface area contributed by atoms with Crippen LogP contribution < -0.4 is 10.1 Å². The Balaban J connectivity index is 2.60. The van der Waals surface area contributed by atoms with Gasteiger partial charge in [0.1, 0.15) is 12.4 Å². The maximum absolute atomic E-state index is 5.97.